The second kappa shape index (κ2) is 3.20. The van der Waals surface area contributed by atoms with Crippen molar-refractivity contribution >= 4 is 11.3 Å². The average Bonchev–Trinajstić information content (AvgIpc) is 2.16. The maximum absolute atomic E-state index is 9.10. The highest BCUT2D eigenvalue weighted by Crippen LogP contribution is 2.27. The molecule has 0 fully saturated rings. The first-order chi connectivity index (χ1) is 6.31. The van der Waals surface area contributed by atoms with Crippen molar-refractivity contribution in [3.8, 4) is 0 Å². The summed E-state index contributed by atoms with van der Waals surface area (Å²) in [7, 11) is 0. The van der Waals surface area contributed by atoms with E-state index in [-0.39, 0.29) is 12.8 Å². The number of rotatable bonds is 1. The Balaban J connectivity index is 2.49. The van der Waals surface area contributed by atoms with Gasteiger partial charge in [-0.25, -0.2) is 0 Å². The molecule has 1 atom stereocenters. The number of aliphatic hydroxyl groups is 1. The predicted octanol–water partition coefficient (Wildman–Crippen LogP) is 0.773. The van der Waals surface area contributed by atoms with Crippen molar-refractivity contribution in [3.63, 3.8) is 0 Å². The summed E-state index contributed by atoms with van der Waals surface area (Å²) < 4.78 is 0. The first-order valence-electron chi connectivity index (χ1n) is 4.24. The number of hydrogen-bond acceptors (Lipinski definition) is 3. The molecule has 4 N–H and O–H groups in total. The number of benzene rings is 1. The minimum Gasteiger partial charge on any atom is -0.392 e. The van der Waals surface area contributed by atoms with Gasteiger partial charge in [-0.2, -0.15) is 0 Å². The lowest BCUT2D eigenvalue weighted by atomic mass is 10.0. The molecular weight excluding hydrogens is 164 g/mol. The molecule has 2 rings (SSSR count). The van der Waals surface area contributed by atoms with Crippen LogP contribution in [0, 0.1) is 0 Å². The summed E-state index contributed by atoms with van der Waals surface area (Å²) in [5.74, 6) is 0. The van der Waals surface area contributed by atoms with E-state index in [2.05, 4.69) is 5.32 Å². The number of anilines is 1. The van der Waals surface area contributed by atoms with Crippen LogP contribution in [0.5, 0.6) is 0 Å². The molecule has 0 aliphatic carbocycles. The van der Waals surface area contributed by atoms with Crippen molar-refractivity contribution in [1.82, 2.24) is 0 Å². The first-order valence-corrected chi connectivity index (χ1v) is 4.24. The number of nitrogens with one attached hydrogen (secondary N) is 1. The van der Waals surface area contributed by atoms with Gasteiger partial charge in [-0.15, -0.1) is 0 Å². The molecule has 0 aromatic heterocycles. The van der Waals surface area contributed by atoms with Crippen molar-refractivity contribution in [2.24, 2.45) is 5.73 Å². The van der Waals surface area contributed by atoms with Gasteiger partial charge in [-0.05, 0) is 17.7 Å². The third kappa shape index (κ3) is 1.43. The summed E-state index contributed by atoms with van der Waals surface area (Å²) in [6.45, 7) is 0.0341. The van der Waals surface area contributed by atoms with Crippen LogP contribution in [-0.4, -0.2) is 17.9 Å². The molecule has 0 bridgehead atoms. The fourth-order valence-corrected chi connectivity index (χ4v) is 1.55. The molecule has 1 aromatic rings. The number of aliphatic hydroxyl groups excluding tert-OH is 1. The smallest absolute Gasteiger partial charge is 0.0942 e. The maximum Gasteiger partial charge on any atom is 0.0942 e. The Hall–Kier alpha value is -1.32. The molecule has 1 heterocycles. The van der Waals surface area contributed by atoms with Gasteiger partial charge in [0.2, 0.25) is 0 Å². The molecule has 1 unspecified atom stereocenters. The zero-order valence-electron chi connectivity index (χ0n) is 7.20. The molecule has 3 nitrogen and oxygen atoms in total. The second-order valence-electron chi connectivity index (χ2n) is 3.07. The minimum atomic E-state index is -0.197. The lowest BCUT2D eigenvalue weighted by molar-refractivity contribution is 0.349. The maximum atomic E-state index is 9.10. The number of para-hydroxylation sites is 1. The van der Waals surface area contributed by atoms with Gasteiger partial charge in [-0.3, -0.25) is 0 Å². The van der Waals surface area contributed by atoms with Crippen LogP contribution in [-0.2, 0) is 0 Å². The molecule has 0 radical (unpaired) electrons. The number of fused-ring (bicyclic) bond motifs is 1. The average molecular weight is 176 g/mol. The molecule has 1 aliphatic rings. The monoisotopic (exact) mass is 176 g/mol. The standard InChI is InChI=1S/C10H12N2O/c11-10-5-7(6-13)8-3-1-2-4-9(8)12-10/h1-5,10,12-13H,6,11H2. The van der Waals surface area contributed by atoms with Gasteiger partial charge < -0.3 is 16.2 Å². The fourth-order valence-electron chi connectivity index (χ4n) is 1.55. The minimum absolute atomic E-state index is 0.0341. The third-order valence-electron chi connectivity index (χ3n) is 2.15. The van der Waals surface area contributed by atoms with Gasteiger partial charge in [0.1, 0.15) is 0 Å². The third-order valence-corrected chi connectivity index (χ3v) is 2.15. The summed E-state index contributed by atoms with van der Waals surface area (Å²) in [6.07, 6.45) is 1.64. The van der Waals surface area contributed by atoms with Crippen molar-refractivity contribution in [2.45, 2.75) is 6.17 Å². The van der Waals surface area contributed by atoms with Crippen LogP contribution >= 0.6 is 0 Å². The Morgan fingerprint density at radius 3 is 2.92 bits per heavy atom. The molecule has 3 heteroatoms. The summed E-state index contributed by atoms with van der Waals surface area (Å²) in [4.78, 5) is 0. The number of nitrogens with two attached hydrogens (primary N) is 1. The second-order valence-corrected chi connectivity index (χ2v) is 3.07. The Kier molecular flexibility index (Phi) is 2.04. The van der Waals surface area contributed by atoms with Crippen molar-refractivity contribution in [2.75, 3.05) is 11.9 Å². The van der Waals surface area contributed by atoms with Crippen LogP contribution in [0.4, 0.5) is 5.69 Å². The van der Waals surface area contributed by atoms with Crippen LogP contribution in [0.15, 0.2) is 30.3 Å². The highest BCUT2D eigenvalue weighted by atomic mass is 16.3. The molecule has 0 amide bonds. The van der Waals surface area contributed by atoms with Gasteiger partial charge in [-0.1, -0.05) is 18.2 Å². The predicted molar refractivity (Wildman–Crippen MR) is 53.1 cm³/mol. The van der Waals surface area contributed by atoms with E-state index in [0.717, 1.165) is 16.8 Å². The first kappa shape index (κ1) is 8.29. The Morgan fingerprint density at radius 2 is 2.15 bits per heavy atom. The van der Waals surface area contributed by atoms with E-state index in [1.807, 2.05) is 30.3 Å². The Morgan fingerprint density at radius 1 is 1.38 bits per heavy atom. The topological polar surface area (TPSA) is 58.3 Å². The van der Waals surface area contributed by atoms with Crippen LogP contribution < -0.4 is 11.1 Å². The molecule has 0 spiro atoms. The zero-order valence-corrected chi connectivity index (χ0v) is 7.20. The van der Waals surface area contributed by atoms with Gasteiger partial charge in [0.15, 0.2) is 0 Å². The zero-order chi connectivity index (χ0) is 9.26. The molecular formula is C10H12N2O. The molecule has 0 saturated carbocycles. The van der Waals surface area contributed by atoms with Gasteiger partial charge in [0.25, 0.3) is 0 Å². The van der Waals surface area contributed by atoms with Crippen LogP contribution in [0.3, 0.4) is 0 Å². The van der Waals surface area contributed by atoms with Crippen molar-refractivity contribution < 1.29 is 5.11 Å². The largest absolute Gasteiger partial charge is 0.392 e. The van der Waals surface area contributed by atoms with Gasteiger partial charge >= 0.3 is 0 Å². The van der Waals surface area contributed by atoms with Crippen LogP contribution in [0.1, 0.15) is 5.56 Å². The van der Waals surface area contributed by atoms with E-state index in [9.17, 15) is 0 Å². The van der Waals surface area contributed by atoms with E-state index < -0.39 is 0 Å². The van der Waals surface area contributed by atoms with Crippen molar-refractivity contribution in [3.05, 3.63) is 35.9 Å². The Labute approximate surface area is 76.9 Å². The molecule has 13 heavy (non-hydrogen) atoms. The SMILES string of the molecule is NC1C=C(CO)c2ccccc2N1. The quantitative estimate of drug-likeness (QED) is 0.592. The fraction of sp³-hybridized carbons (Fsp3) is 0.200. The highest BCUT2D eigenvalue weighted by Gasteiger charge is 2.14. The van der Waals surface area contributed by atoms with E-state index in [4.69, 9.17) is 10.8 Å². The highest BCUT2D eigenvalue weighted by molar-refractivity contribution is 5.80. The van der Waals surface area contributed by atoms with E-state index >= 15 is 0 Å². The molecule has 0 saturated heterocycles. The lowest BCUT2D eigenvalue weighted by Gasteiger charge is -2.22. The molecule has 1 aromatic carbocycles. The summed E-state index contributed by atoms with van der Waals surface area (Å²) in [5.41, 5.74) is 8.63. The van der Waals surface area contributed by atoms with Crippen molar-refractivity contribution in [1.29, 1.82) is 0 Å². The van der Waals surface area contributed by atoms with Crippen LogP contribution in [0.25, 0.3) is 5.57 Å². The lowest BCUT2D eigenvalue weighted by Crippen LogP contribution is -2.30. The van der Waals surface area contributed by atoms with E-state index in [1.54, 1.807) is 0 Å². The summed E-state index contributed by atoms with van der Waals surface area (Å²) in [5, 5.41) is 12.2. The number of hydrogen-bond donors (Lipinski definition) is 3. The molecule has 68 valence electrons. The summed E-state index contributed by atoms with van der Waals surface area (Å²) in [6, 6.07) is 7.81. The summed E-state index contributed by atoms with van der Waals surface area (Å²) >= 11 is 0. The van der Waals surface area contributed by atoms with Gasteiger partial charge in [0, 0.05) is 11.3 Å². The van der Waals surface area contributed by atoms with E-state index in [0.29, 0.717) is 0 Å². The normalized spacial score (nSPS) is 20.2. The van der Waals surface area contributed by atoms with Crippen LogP contribution in [0.2, 0.25) is 0 Å². The Bertz CT molecular complexity index is 347. The van der Waals surface area contributed by atoms with E-state index in [1.165, 1.54) is 0 Å². The van der Waals surface area contributed by atoms with Gasteiger partial charge in [0.05, 0.1) is 12.8 Å². The molecule has 1 aliphatic heterocycles.